The van der Waals surface area contributed by atoms with Gasteiger partial charge in [0.05, 0.1) is 11.6 Å². The Kier molecular flexibility index (Phi) is 7.21. The summed E-state index contributed by atoms with van der Waals surface area (Å²) in [6, 6.07) is 31.4. The number of benzene rings is 3. The van der Waals surface area contributed by atoms with Crippen molar-refractivity contribution < 1.29 is 0 Å². The molecule has 0 saturated carbocycles. The van der Waals surface area contributed by atoms with E-state index >= 15 is 0 Å². The average Bonchev–Trinajstić information content (AvgIpc) is 2.84. The largest absolute Gasteiger partial charge is 0.260 e. The predicted octanol–water partition coefficient (Wildman–Crippen LogP) is 9.82. The summed E-state index contributed by atoms with van der Waals surface area (Å²) >= 11 is 0. The Labute approximate surface area is 225 Å². The Bertz CT molecular complexity index is 1310. The van der Waals surface area contributed by atoms with Crippen LogP contribution in [0.5, 0.6) is 0 Å². The Morgan fingerprint density at radius 3 is 1.62 bits per heavy atom. The van der Waals surface area contributed by atoms with Crippen molar-refractivity contribution in [2.24, 2.45) is 0 Å². The predicted molar refractivity (Wildman–Crippen MR) is 160 cm³/mol. The first kappa shape index (κ1) is 26.9. The fourth-order valence-corrected chi connectivity index (χ4v) is 5.01. The van der Waals surface area contributed by atoms with E-state index in [1.807, 2.05) is 12.3 Å². The second-order valence-electron chi connectivity index (χ2n) is 13.4. The lowest BCUT2D eigenvalue weighted by atomic mass is 9.76. The highest BCUT2D eigenvalue weighted by atomic mass is 14.7. The SMILES string of the molecule is CC(C)(C)c1cc(C(c2ccc(-c3ccccc3C(C)(C)C)cc2)c2ccccn2)cc(C(C)(C)C)c1. The van der Waals surface area contributed by atoms with Gasteiger partial charge in [0.2, 0.25) is 0 Å². The highest BCUT2D eigenvalue weighted by Crippen LogP contribution is 2.39. The molecule has 4 aromatic rings. The second kappa shape index (κ2) is 9.93. The van der Waals surface area contributed by atoms with Crippen molar-refractivity contribution in [3.63, 3.8) is 0 Å². The molecule has 0 radical (unpaired) electrons. The molecular formula is C36H43N. The monoisotopic (exact) mass is 489 g/mol. The Morgan fingerprint density at radius 1 is 0.541 bits per heavy atom. The quantitative estimate of drug-likeness (QED) is 0.278. The van der Waals surface area contributed by atoms with Gasteiger partial charge in [-0.05, 0) is 67.3 Å². The molecule has 0 saturated heterocycles. The van der Waals surface area contributed by atoms with Crippen LogP contribution in [0.4, 0.5) is 0 Å². The molecule has 1 nitrogen and oxygen atoms in total. The molecule has 3 aromatic carbocycles. The van der Waals surface area contributed by atoms with E-state index in [4.69, 9.17) is 4.98 Å². The second-order valence-corrected chi connectivity index (χ2v) is 13.4. The van der Waals surface area contributed by atoms with Gasteiger partial charge in [-0.2, -0.15) is 0 Å². The molecule has 0 N–H and O–H groups in total. The third-order valence-electron chi connectivity index (χ3n) is 7.29. The lowest BCUT2D eigenvalue weighted by molar-refractivity contribution is 0.566. The van der Waals surface area contributed by atoms with Crippen LogP contribution in [-0.2, 0) is 16.2 Å². The van der Waals surface area contributed by atoms with Crippen molar-refractivity contribution in [3.05, 3.63) is 125 Å². The first-order valence-corrected chi connectivity index (χ1v) is 13.5. The fourth-order valence-electron chi connectivity index (χ4n) is 5.01. The number of nitrogens with zero attached hydrogens (tertiary/aromatic N) is 1. The lowest BCUT2D eigenvalue weighted by Gasteiger charge is -2.28. The molecule has 1 aromatic heterocycles. The minimum Gasteiger partial charge on any atom is -0.260 e. The molecule has 192 valence electrons. The van der Waals surface area contributed by atoms with Crippen LogP contribution in [0.15, 0.2) is 91.1 Å². The minimum atomic E-state index is 0.0607. The fraction of sp³-hybridized carbons (Fsp3) is 0.361. The van der Waals surface area contributed by atoms with Crippen molar-refractivity contribution in [1.82, 2.24) is 4.98 Å². The third kappa shape index (κ3) is 6.04. The van der Waals surface area contributed by atoms with Gasteiger partial charge in [0.1, 0.15) is 0 Å². The van der Waals surface area contributed by atoms with Crippen LogP contribution in [-0.4, -0.2) is 4.98 Å². The summed E-state index contributed by atoms with van der Waals surface area (Å²) in [5.74, 6) is 0.0662. The molecule has 1 heteroatoms. The van der Waals surface area contributed by atoms with Gasteiger partial charge >= 0.3 is 0 Å². The van der Waals surface area contributed by atoms with Gasteiger partial charge in [0.25, 0.3) is 0 Å². The highest BCUT2D eigenvalue weighted by Gasteiger charge is 2.26. The van der Waals surface area contributed by atoms with Crippen LogP contribution in [0.3, 0.4) is 0 Å². The third-order valence-corrected chi connectivity index (χ3v) is 7.29. The van der Waals surface area contributed by atoms with Crippen LogP contribution in [0.2, 0.25) is 0 Å². The summed E-state index contributed by atoms with van der Waals surface area (Å²) in [6.45, 7) is 20.7. The topological polar surface area (TPSA) is 12.9 Å². The average molecular weight is 490 g/mol. The van der Waals surface area contributed by atoms with E-state index in [0.717, 1.165) is 5.69 Å². The molecule has 0 spiro atoms. The van der Waals surface area contributed by atoms with E-state index in [2.05, 4.69) is 141 Å². The van der Waals surface area contributed by atoms with Gasteiger partial charge in [-0.3, -0.25) is 4.98 Å². The molecular weight excluding hydrogens is 446 g/mol. The highest BCUT2D eigenvalue weighted by molar-refractivity contribution is 5.69. The maximum atomic E-state index is 4.84. The molecule has 0 amide bonds. The summed E-state index contributed by atoms with van der Waals surface area (Å²) in [7, 11) is 0. The summed E-state index contributed by atoms with van der Waals surface area (Å²) in [6.07, 6.45) is 1.91. The summed E-state index contributed by atoms with van der Waals surface area (Å²) in [4.78, 5) is 4.84. The van der Waals surface area contributed by atoms with Crippen LogP contribution < -0.4 is 0 Å². The van der Waals surface area contributed by atoms with E-state index < -0.39 is 0 Å². The molecule has 0 fully saturated rings. The van der Waals surface area contributed by atoms with E-state index in [1.165, 1.54) is 38.9 Å². The Hall–Kier alpha value is -3.19. The van der Waals surface area contributed by atoms with Crippen molar-refractivity contribution >= 4 is 0 Å². The number of aromatic nitrogens is 1. The van der Waals surface area contributed by atoms with Gasteiger partial charge in [-0.25, -0.2) is 0 Å². The van der Waals surface area contributed by atoms with Gasteiger partial charge in [0, 0.05) is 6.20 Å². The first-order chi connectivity index (χ1) is 17.2. The Balaban J connectivity index is 1.88. The minimum absolute atomic E-state index is 0.0607. The van der Waals surface area contributed by atoms with Crippen LogP contribution in [0.1, 0.15) is 102 Å². The summed E-state index contributed by atoms with van der Waals surface area (Å²) < 4.78 is 0. The van der Waals surface area contributed by atoms with E-state index in [0.29, 0.717) is 0 Å². The molecule has 4 rings (SSSR count). The number of rotatable bonds is 4. The molecule has 1 heterocycles. The number of hydrogen-bond donors (Lipinski definition) is 0. The molecule has 0 bridgehead atoms. The Morgan fingerprint density at radius 2 is 1.11 bits per heavy atom. The number of pyridine rings is 1. The molecule has 1 atom stereocenters. The van der Waals surface area contributed by atoms with Crippen molar-refractivity contribution in [2.75, 3.05) is 0 Å². The van der Waals surface area contributed by atoms with Crippen molar-refractivity contribution in [1.29, 1.82) is 0 Å². The van der Waals surface area contributed by atoms with Gasteiger partial charge in [-0.15, -0.1) is 0 Å². The van der Waals surface area contributed by atoms with Gasteiger partial charge < -0.3 is 0 Å². The zero-order valence-electron chi connectivity index (χ0n) is 24.2. The molecule has 0 aliphatic heterocycles. The summed E-state index contributed by atoms with van der Waals surface area (Å²) in [5.41, 5.74) is 10.5. The normalized spacial score (nSPS) is 13.4. The van der Waals surface area contributed by atoms with Gasteiger partial charge in [0.15, 0.2) is 0 Å². The zero-order chi connectivity index (χ0) is 27.0. The maximum absolute atomic E-state index is 4.84. The summed E-state index contributed by atoms with van der Waals surface area (Å²) in [5, 5.41) is 0. The van der Waals surface area contributed by atoms with Crippen LogP contribution in [0.25, 0.3) is 11.1 Å². The molecule has 1 unspecified atom stereocenters. The van der Waals surface area contributed by atoms with Crippen LogP contribution in [0, 0.1) is 0 Å². The van der Waals surface area contributed by atoms with E-state index in [9.17, 15) is 0 Å². The number of hydrogen-bond acceptors (Lipinski definition) is 1. The molecule has 0 aliphatic rings. The van der Waals surface area contributed by atoms with Crippen LogP contribution >= 0.6 is 0 Å². The lowest BCUT2D eigenvalue weighted by Crippen LogP contribution is -2.18. The van der Waals surface area contributed by atoms with E-state index in [1.54, 1.807) is 0 Å². The van der Waals surface area contributed by atoms with Crippen molar-refractivity contribution in [3.8, 4) is 11.1 Å². The standard InChI is InChI=1S/C36H43N/c1-34(2,3)28-22-27(23-29(24-28)35(4,5)6)33(32-16-12-13-21-37-32)26-19-17-25(18-20-26)30-14-10-11-15-31(30)36(7,8)9/h10-24,33H,1-9H3. The maximum Gasteiger partial charge on any atom is 0.0522 e. The van der Waals surface area contributed by atoms with Crippen molar-refractivity contribution in [2.45, 2.75) is 84.5 Å². The zero-order valence-corrected chi connectivity index (χ0v) is 24.2. The first-order valence-electron chi connectivity index (χ1n) is 13.5. The molecule has 0 aliphatic carbocycles. The molecule has 37 heavy (non-hydrogen) atoms. The van der Waals surface area contributed by atoms with Gasteiger partial charge in [-0.1, -0.05) is 135 Å². The van der Waals surface area contributed by atoms with E-state index in [-0.39, 0.29) is 22.2 Å². The smallest absolute Gasteiger partial charge is 0.0522 e.